The second kappa shape index (κ2) is 6.10. The highest BCUT2D eigenvalue weighted by molar-refractivity contribution is 5.94. The summed E-state index contributed by atoms with van der Waals surface area (Å²) in [5.41, 5.74) is -0.456. The van der Waals surface area contributed by atoms with Gasteiger partial charge >= 0.3 is 0 Å². The number of hydrogen-bond donors (Lipinski definition) is 1. The standard InChI is InChI=1S/C14H18F2N2O/c1-2-18(9-10-5-4-8-17-10)14(19)13-11(15)6-3-7-12(13)16/h3,6-7,10,17H,2,4-5,8-9H2,1H3. The van der Waals surface area contributed by atoms with Crippen molar-refractivity contribution in [3.63, 3.8) is 0 Å². The van der Waals surface area contributed by atoms with E-state index >= 15 is 0 Å². The molecule has 1 aliphatic rings. The minimum atomic E-state index is -0.803. The molecule has 1 atom stereocenters. The van der Waals surface area contributed by atoms with Gasteiger partial charge in [-0.15, -0.1) is 0 Å². The molecule has 5 heteroatoms. The molecule has 0 saturated carbocycles. The van der Waals surface area contributed by atoms with Gasteiger partial charge < -0.3 is 10.2 Å². The van der Waals surface area contributed by atoms with Crippen molar-refractivity contribution in [1.82, 2.24) is 10.2 Å². The summed E-state index contributed by atoms with van der Waals surface area (Å²) in [5.74, 6) is -2.18. The van der Waals surface area contributed by atoms with Crippen LogP contribution in [0.3, 0.4) is 0 Å². The summed E-state index contributed by atoms with van der Waals surface area (Å²) in [6.07, 6.45) is 2.06. The average Bonchev–Trinajstić information content (AvgIpc) is 2.88. The fourth-order valence-electron chi connectivity index (χ4n) is 2.39. The molecule has 2 rings (SSSR count). The average molecular weight is 268 g/mol. The minimum absolute atomic E-state index is 0.221. The van der Waals surface area contributed by atoms with E-state index in [2.05, 4.69) is 5.32 Å². The maximum Gasteiger partial charge on any atom is 0.259 e. The molecule has 19 heavy (non-hydrogen) atoms. The van der Waals surface area contributed by atoms with E-state index in [9.17, 15) is 13.6 Å². The van der Waals surface area contributed by atoms with Crippen LogP contribution < -0.4 is 5.32 Å². The van der Waals surface area contributed by atoms with E-state index < -0.39 is 23.1 Å². The van der Waals surface area contributed by atoms with E-state index in [1.807, 2.05) is 6.92 Å². The smallest absolute Gasteiger partial charge is 0.259 e. The summed E-state index contributed by atoms with van der Waals surface area (Å²) in [5, 5.41) is 3.28. The predicted octanol–water partition coefficient (Wildman–Crippen LogP) is 2.18. The molecule has 0 aliphatic carbocycles. The van der Waals surface area contributed by atoms with Gasteiger partial charge in [0, 0.05) is 19.1 Å². The zero-order valence-electron chi connectivity index (χ0n) is 11.0. The van der Waals surface area contributed by atoms with Gasteiger partial charge in [0.25, 0.3) is 5.91 Å². The molecule has 0 aromatic heterocycles. The maximum absolute atomic E-state index is 13.6. The van der Waals surface area contributed by atoms with E-state index in [1.165, 1.54) is 11.0 Å². The topological polar surface area (TPSA) is 32.3 Å². The molecular formula is C14H18F2N2O. The van der Waals surface area contributed by atoms with Crippen molar-refractivity contribution in [1.29, 1.82) is 0 Å². The van der Waals surface area contributed by atoms with Crippen LogP contribution >= 0.6 is 0 Å². The maximum atomic E-state index is 13.6. The van der Waals surface area contributed by atoms with Crippen molar-refractivity contribution in [2.45, 2.75) is 25.8 Å². The van der Waals surface area contributed by atoms with Gasteiger partial charge in [-0.2, -0.15) is 0 Å². The van der Waals surface area contributed by atoms with Crippen LogP contribution in [0.2, 0.25) is 0 Å². The number of benzene rings is 1. The number of likely N-dealkylation sites (N-methyl/N-ethyl adjacent to an activating group) is 1. The van der Waals surface area contributed by atoms with Crippen LogP contribution in [0.1, 0.15) is 30.1 Å². The van der Waals surface area contributed by atoms with Gasteiger partial charge in [0.2, 0.25) is 0 Å². The number of carbonyl (C=O) groups excluding carboxylic acids is 1. The summed E-state index contributed by atoms with van der Waals surface area (Å²) in [6.45, 7) is 3.67. The summed E-state index contributed by atoms with van der Waals surface area (Å²) in [4.78, 5) is 13.7. The molecule has 104 valence electrons. The van der Waals surface area contributed by atoms with E-state index in [0.29, 0.717) is 13.1 Å². The molecule has 3 nitrogen and oxygen atoms in total. The first kappa shape index (κ1) is 13.9. The lowest BCUT2D eigenvalue weighted by Crippen LogP contribution is -2.41. The van der Waals surface area contributed by atoms with Crippen LogP contribution in [0.25, 0.3) is 0 Å². The molecule has 0 radical (unpaired) electrons. The molecule has 1 heterocycles. The first-order chi connectivity index (χ1) is 9.13. The molecule has 0 spiro atoms. The summed E-state index contributed by atoms with van der Waals surface area (Å²) in [6, 6.07) is 3.70. The summed E-state index contributed by atoms with van der Waals surface area (Å²) < 4.78 is 27.2. The molecule has 1 unspecified atom stereocenters. The summed E-state index contributed by atoms with van der Waals surface area (Å²) in [7, 11) is 0. The minimum Gasteiger partial charge on any atom is -0.337 e. The predicted molar refractivity (Wildman–Crippen MR) is 69.0 cm³/mol. The van der Waals surface area contributed by atoms with Gasteiger partial charge in [-0.05, 0) is 38.4 Å². The van der Waals surface area contributed by atoms with Crippen molar-refractivity contribution in [2.24, 2.45) is 0 Å². The quantitative estimate of drug-likeness (QED) is 0.907. The molecule has 1 aromatic rings. The fraction of sp³-hybridized carbons (Fsp3) is 0.500. The third-order valence-corrected chi connectivity index (χ3v) is 3.45. The van der Waals surface area contributed by atoms with Crippen molar-refractivity contribution in [2.75, 3.05) is 19.6 Å². The Kier molecular flexibility index (Phi) is 4.47. The van der Waals surface area contributed by atoms with Crippen LogP contribution in [-0.4, -0.2) is 36.5 Å². The van der Waals surface area contributed by atoms with Crippen molar-refractivity contribution in [3.8, 4) is 0 Å². The Bertz CT molecular complexity index is 439. The van der Waals surface area contributed by atoms with Crippen LogP contribution in [0, 0.1) is 11.6 Å². The van der Waals surface area contributed by atoms with Gasteiger partial charge in [-0.3, -0.25) is 4.79 Å². The van der Waals surface area contributed by atoms with E-state index in [4.69, 9.17) is 0 Å². The number of amides is 1. The Morgan fingerprint density at radius 1 is 1.42 bits per heavy atom. The van der Waals surface area contributed by atoms with Crippen LogP contribution in [0.4, 0.5) is 8.78 Å². The highest BCUT2D eigenvalue weighted by atomic mass is 19.1. The molecule has 0 bridgehead atoms. The summed E-state index contributed by atoms with van der Waals surface area (Å²) >= 11 is 0. The monoisotopic (exact) mass is 268 g/mol. The second-order valence-electron chi connectivity index (χ2n) is 4.73. The Hall–Kier alpha value is -1.49. The van der Waals surface area contributed by atoms with Crippen LogP contribution in [0.5, 0.6) is 0 Å². The van der Waals surface area contributed by atoms with Crippen LogP contribution in [-0.2, 0) is 0 Å². The van der Waals surface area contributed by atoms with Gasteiger partial charge in [-0.1, -0.05) is 6.07 Å². The zero-order valence-corrected chi connectivity index (χ0v) is 11.0. The highest BCUT2D eigenvalue weighted by Gasteiger charge is 2.25. The normalized spacial score (nSPS) is 18.6. The Labute approximate surface area is 111 Å². The number of nitrogens with one attached hydrogen (secondary N) is 1. The molecule has 1 amide bonds. The first-order valence-electron chi connectivity index (χ1n) is 6.60. The lowest BCUT2D eigenvalue weighted by Gasteiger charge is -2.24. The van der Waals surface area contributed by atoms with Crippen molar-refractivity contribution >= 4 is 5.91 Å². The largest absolute Gasteiger partial charge is 0.337 e. The Morgan fingerprint density at radius 3 is 2.63 bits per heavy atom. The first-order valence-corrected chi connectivity index (χ1v) is 6.60. The third-order valence-electron chi connectivity index (χ3n) is 3.45. The number of rotatable bonds is 4. The van der Waals surface area contributed by atoms with Gasteiger partial charge in [0.1, 0.15) is 17.2 Å². The SMILES string of the molecule is CCN(CC1CCCN1)C(=O)c1c(F)cccc1F. The molecule has 1 aliphatic heterocycles. The van der Waals surface area contributed by atoms with Gasteiger partial charge in [0.15, 0.2) is 0 Å². The van der Waals surface area contributed by atoms with Crippen molar-refractivity contribution in [3.05, 3.63) is 35.4 Å². The molecule has 1 aromatic carbocycles. The Balaban J connectivity index is 2.15. The van der Waals surface area contributed by atoms with Gasteiger partial charge in [-0.25, -0.2) is 8.78 Å². The fourth-order valence-corrected chi connectivity index (χ4v) is 2.39. The lowest BCUT2D eigenvalue weighted by atomic mass is 10.1. The molecular weight excluding hydrogens is 250 g/mol. The molecule has 1 saturated heterocycles. The van der Waals surface area contributed by atoms with E-state index in [0.717, 1.165) is 31.5 Å². The number of hydrogen-bond acceptors (Lipinski definition) is 2. The third kappa shape index (κ3) is 3.10. The number of carbonyl (C=O) groups is 1. The molecule has 1 N–H and O–H groups in total. The van der Waals surface area contributed by atoms with Crippen molar-refractivity contribution < 1.29 is 13.6 Å². The van der Waals surface area contributed by atoms with E-state index in [1.54, 1.807) is 0 Å². The number of halogens is 2. The van der Waals surface area contributed by atoms with Gasteiger partial charge in [0.05, 0.1) is 0 Å². The second-order valence-corrected chi connectivity index (χ2v) is 4.73. The zero-order chi connectivity index (χ0) is 13.8. The van der Waals surface area contributed by atoms with E-state index in [-0.39, 0.29) is 6.04 Å². The molecule has 1 fully saturated rings. The highest BCUT2D eigenvalue weighted by Crippen LogP contribution is 2.16. The van der Waals surface area contributed by atoms with Crippen LogP contribution in [0.15, 0.2) is 18.2 Å². The lowest BCUT2D eigenvalue weighted by molar-refractivity contribution is 0.0741. The number of nitrogens with zero attached hydrogens (tertiary/aromatic N) is 1. The Morgan fingerprint density at radius 2 is 2.11 bits per heavy atom.